The maximum atomic E-state index is 5.71. The number of likely N-dealkylation sites (N-methyl/N-ethyl adjacent to an activating group) is 1. The quantitative estimate of drug-likeness (QED) is 0.784. The lowest BCUT2D eigenvalue weighted by atomic mass is 10.2. The molecule has 2 heterocycles. The monoisotopic (exact) mass is 287 g/mol. The Bertz CT molecular complexity index is 563. The molecular formula is C17H25N3O. The normalized spacial score (nSPS) is 11.5. The minimum absolute atomic E-state index is 0.817. The molecular weight excluding hydrogens is 262 g/mol. The lowest BCUT2D eigenvalue weighted by Gasteiger charge is -2.23. The molecule has 0 radical (unpaired) electrons. The fourth-order valence-electron chi connectivity index (χ4n) is 2.26. The van der Waals surface area contributed by atoms with Gasteiger partial charge in [-0.25, -0.2) is 0 Å². The first kappa shape index (κ1) is 15.7. The molecule has 0 aliphatic heterocycles. The zero-order valence-electron chi connectivity index (χ0n) is 13.5. The molecule has 0 atom stereocenters. The Labute approximate surface area is 127 Å². The molecule has 4 heteroatoms. The Hall–Kier alpha value is -1.65. The van der Waals surface area contributed by atoms with Crippen molar-refractivity contribution >= 4 is 0 Å². The van der Waals surface area contributed by atoms with Gasteiger partial charge in [0.05, 0.1) is 12.2 Å². The maximum absolute atomic E-state index is 5.71. The molecule has 0 saturated heterocycles. The largest absolute Gasteiger partial charge is 0.465 e. The van der Waals surface area contributed by atoms with E-state index in [1.807, 2.05) is 26.0 Å². The predicted molar refractivity (Wildman–Crippen MR) is 85.1 cm³/mol. The van der Waals surface area contributed by atoms with Crippen LogP contribution in [0.15, 0.2) is 34.7 Å². The molecule has 21 heavy (non-hydrogen) atoms. The van der Waals surface area contributed by atoms with Crippen molar-refractivity contribution < 1.29 is 4.42 Å². The molecule has 0 amide bonds. The number of aryl methyl sites for hydroxylation is 2. The Kier molecular flexibility index (Phi) is 5.53. The summed E-state index contributed by atoms with van der Waals surface area (Å²) in [7, 11) is 4.19. The molecule has 0 aliphatic carbocycles. The predicted octanol–water partition coefficient (Wildman–Crippen LogP) is 2.86. The number of hydrogen-bond acceptors (Lipinski definition) is 4. The summed E-state index contributed by atoms with van der Waals surface area (Å²) in [6.45, 7) is 7.68. The molecule has 114 valence electrons. The summed E-state index contributed by atoms with van der Waals surface area (Å²) in [6, 6.07) is 10.3. The molecule has 2 aromatic heterocycles. The van der Waals surface area contributed by atoms with Gasteiger partial charge in [0.25, 0.3) is 0 Å². The summed E-state index contributed by atoms with van der Waals surface area (Å²) in [5, 5.41) is 0. The van der Waals surface area contributed by atoms with Crippen LogP contribution in [-0.4, -0.2) is 42.0 Å². The Morgan fingerprint density at radius 3 is 2.43 bits per heavy atom. The highest BCUT2D eigenvalue weighted by Gasteiger charge is 2.11. The first-order valence-electron chi connectivity index (χ1n) is 7.38. The van der Waals surface area contributed by atoms with E-state index in [-0.39, 0.29) is 0 Å². The van der Waals surface area contributed by atoms with E-state index < -0.39 is 0 Å². The molecule has 0 fully saturated rings. The molecule has 0 N–H and O–H groups in total. The summed E-state index contributed by atoms with van der Waals surface area (Å²) in [6.07, 6.45) is 0. The van der Waals surface area contributed by atoms with E-state index >= 15 is 0 Å². The van der Waals surface area contributed by atoms with Crippen molar-refractivity contribution in [3.05, 3.63) is 53.2 Å². The SMILES string of the molecule is Cc1cccc(CN(CCN(C)C)Cc2ccc(C)o2)n1. The highest BCUT2D eigenvalue weighted by Crippen LogP contribution is 2.12. The average Bonchev–Trinajstić information content (AvgIpc) is 2.81. The number of rotatable bonds is 7. The van der Waals surface area contributed by atoms with Crippen LogP contribution < -0.4 is 0 Å². The lowest BCUT2D eigenvalue weighted by molar-refractivity contribution is 0.208. The van der Waals surface area contributed by atoms with Gasteiger partial charge in [-0.3, -0.25) is 9.88 Å². The second-order valence-corrected chi connectivity index (χ2v) is 5.80. The smallest absolute Gasteiger partial charge is 0.118 e. The number of furan rings is 1. The van der Waals surface area contributed by atoms with Gasteiger partial charge in [-0.15, -0.1) is 0 Å². The summed E-state index contributed by atoms with van der Waals surface area (Å²) in [5.41, 5.74) is 2.17. The fraction of sp³-hybridized carbons (Fsp3) is 0.471. The van der Waals surface area contributed by atoms with Gasteiger partial charge < -0.3 is 9.32 Å². The topological polar surface area (TPSA) is 32.5 Å². The van der Waals surface area contributed by atoms with Crippen molar-refractivity contribution in [2.24, 2.45) is 0 Å². The molecule has 0 unspecified atom stereocenters. The summed E-state index contributed by atoms with van der Waals surface area (Å²) in [4.78, 5) is 9.17. The standard InChI is InChI=1S/C17H25N3O/c1-14-6-5-7-16(18-14)12-20(11-10-19(3)4)13-17-9-8-15(2)21-17/h5-9H,10-13H2,1-4H3. The highest BCUT2D eigenvalue weighted by atomic mass is 16.3. The van der Waals surface area contributed by atoms with Crippen molar-refractivity contribution in [3.63, 3.8) is 0 Å². The fourth-order valence-corrected chi connectivity index (χ4v) is 2.26. The van der Waals surface area contributed by atoms with Crippen molar-refractivity contribution in [1.29, 1.82) is 0 Å². The Morgan fingerprint density at radius 1 is 1.00 bits per heavy atom. The van der Waals surface area contributed by atoms with Gasteiger partial charge in [0.15, 0.2) is 0 Å². The molecule has 0 saturated carbocycles. The second kappa shape index (κ2) is 7.38. The third-order valence-corrected chi connectivity index (χ3v) is 3.37. The van der Waals surface area contributed by atoms with Gasteiger partial charge in [0, 0.05) is 25.3 Å². The Morgan fingerprint density at radius 2 is 1.81 bits per heavy atom. The maximum Gasteiger partial charge on any atom is 0.118 e. The van der Waals surface area contributed by atoms with Gasteiger partial charge >= 0.3 is 0 Å². The van der Waals surface area contributed by atoms with Crippen LogP contribution in [-0.2, 0) is 13.1 Å². The van der Waals surface area contributed by atoms with Crippen molar-refractivity contribution in [2.75, 3.05) is 27.2 Å². The summed E-state index contributed by atoms with van der Waals surface area (Å²) in [5.74, 6) is 1.98. The zero-order chi connectivity index (χ0) is 15.2. The van der Waals surface area contributed by atoms with Crippen molar-refractivity contribution in [1.82, 2.24) is 14.8 Å². The van der Waals surface area contributed by atoms with Crippen LogP contribution in [0, 0.1) is 13.8 Å². The van der Waals surface area contributed by atoms with Crippen LogP contribution in [0.25, 0.3) is 0 Å². The third-order valence-electron chi connectivity index (χ3n) is 3.37. The average molecular weight is 287 g/mol. The zero-order valence-corrected chi connectivity index (χ0v) is 13.5. The molecule has 4 nitrogen and oxygen atoms in total. The van der Waals surface area contributed by atoms with Crippen LogP contribution >= 0.6 is 0 Å². The van der Waals surface area contributed by atoms with Gasteiger partial charge in [0.2, 0.25) is 0 Å². The molecule has 2 rings (SSSR count). The van der Waals surface area contributed by atoms with Crippen LogP contribution in [0.5, 0.6) is 0 Å². The van der Waals surface area contributed by atoms with Crippen LogP contribution in [0.1, 0.15) is 22.9 Å². The van der Waals surface area contributed by atoms with E-state index in [0.29, 0.717) is 0 Å². The number of nitrogens with zero attached hydrogens (tertiary/aromatic N) is 3. The molecule has 0 aromatic carbocycles. The van der Waals surface area contributed by atoms with Crippen molar-refractivity contribution in [2.45, 2.75) is 26.9 Å². The van der Waals surface area contributed by atoms with E-state index in [0.717, 1.165) is 49.1 Å². The summed E-state index contributed by atoms with van der Waals surface area (Å²) < 4.78 is 5.71. The van der Waals surface area contributed by atoms with E-state index in [4.69, 9.17) is 4.42 Å². The minimum atomic E-state index is 0.817. The first-order valence-corrected chi connectivity index (χ1v) is 7.38. The van der Waals surface area contributed by atoms with Gasteiger partial charge in [0.1, 0.15) is 11.5 Å². The van der Waals surface area contributed by atoms with Crippen LogP contribution in [0.4, 0.5) is 0 Å². The van der Waals surface area contributed by atoms with Gasteiger partial charge in [-0.1, -0.05) is 6.07 Å². The van der Waals surface area contributed by atoms with Gasteiger partial charge in [-0.2, -0.15) is 0 Å². The van der Waals surface area contributed by atoms with Crippen LogP contribution in [0.2, 0.25) is 0 Å². The van der Waals surface area contributed by atoms with E-state index in [2.05, 4.69) is 47.1 Å². The van der Waals surface area contributed by atoms with E-state index in [1.165, 1.54) is 0 Å². The first-order chi connectivity index (χ1) is 10.0. The number of pyridine rings is 1. The molecule has 0 bridgehead atoms. The highest BCUT2D eigenvalue weighted by molar-refractivity contribution is 5.10. The second-order valence-electron chi connectivity index (χ2n) is 5.80. The third kappa shape index (κ3) is 5.33. The number of hydrogen-bond donors (Lipinski definition) is 0. The Balaban J connectivity index is 2.04. The van der Waals surface area contributed by atoms with Gasteiger partial charge in [-0.05, 0) is 52.2 Å². The van der Waals surface area contributed by atoms with E-state index in [9.17, 15) is 0 Å². The minimum Gasteiger partial charge on any atom is -0.465 e. The molecule has 2 aromatic rings. The molecule has 0 spiro atoms. The molecule has 0 aliphatic rings. The van der Waals surface area contributed by atoms with Crippen LogP contribution in [0.3, 0.4) is 0 Å². The summed E-state index contributed by atoms with van der Waals surface area (Å²) >= 11 is 0. The number of aromatic nitrogens is 1. The lowest BCUT2D eigenvalue weighted by Crippen LogP contribution is -2.31. The van der Waals surface area contributed by atoms with E-state index in [1.54, 1.807) is 0 Å². The van der Waals surface area contributed by atoms with Crippen molar-refractivity contribution in [3.8, 4) is 0 Å².